The molecule has 6 amide bonds. The Balaban J connectivity index is 1.47. The van der Waals surface area contributed by atoms with E-state index in [4.69, 9.17) is 0 Å². The van der Waals surface area contributed by atoms with E-state index in [9.17, 15) is 28.8 Å². The monoisotopic (exact) mass is 742 g/mol. The maximum Gasteiger partial charge on any atom is 0.271 e. The van der Waals surface area contributed by atoms with Gasteiger partial charge in [-0.15, -0.1) is 11.3 Å². The Morgan fingerprint density at radius 3 is 2.28 bits per heavy atom. The van der Waals surface area contributed by atoms with Gasteiger partial charge in [-0.3, -0.25) is 28.8 Å². The summed E-state index contributed by atoms with van der Waals surface area (Å²) in [6.45, 7) is 5.00. The lowest BCUT2D eigenvalue weighted by atomic mass is 10.0. The number of nitrogens with one attached hydrogen (secondary N) is 4. The molecule has 0 fully saturated rings. The molecular weight excluding hydrogens is 697 g/mol. The van der Waals surface area contributed by atoms with E-state index in [0.29, 0.717) is 17.0 Å². The first-order valence-corrected chi connectivity index (χ1v) is 18.4. The van der Waals surface area contributed by atoms with E-state index in [2.05, 4.69) is 25.9 Å². The molecule has 3 atom stereocenters. The van der Waals surface area contributed by atoms with Crippen molar-refractivity contribution in [3.63, 3.8) is 0 Å². The summed E-state index contributed by atoms with van der Waals surface area (Å²) in [5.74, 6) is -2.77. The van der Waals surface area contributed by atoms with Crippen molar-refractivity contribution in [1.82, 2.24) is 40.6 Å². The van der Waals surface area contributed by atoms with Crippen LogP contribution in [0.4, 0.5) is 0 Å². The molecule has 2 aromatic heterocycles. The topological polar surface area (TPSA) is 177 Å². The second-order valence-corrected chi connectivity index (χ2v) is 14.6. The predicted octanol–water partition coefficient (Wildman–Crippen LogP) is 2.75. The first-order chi connectivity index (χ1) is 25.3. The Morgan fingerprint density at radius 1 is 0.849 bits per heavy atom. The molecule has 0 saturated carbocycles. The van der Waals surface area contributed by atoms with Crippen molar-refractivity contribution in [2.75, 3.05) is 40.3 Å². The molecule has 1 aliphatic heterocycles. The van der Waals surface area contributed by atoms with E-state index in [1.807, 2.05) is 38.1 Å². The van der Waals surface area contributed by atoms with E-state index in [-0.39, 0.29) is 50.1 Å². The van der Waals surface area contributed by atoms with Gasteiger partial charge in [0.1, 0.15) is 22.8 Å². The normalized spacial score (nSPS) is 20.2. The van der Waals surface area contributed by atoms with Gasteiger partial charge in [0.2, 0.25) is 23.6 Å². The number of benzene rings is 2. The predicted molar refractivity (Wildman–Crippen MR) is 201 cm³/mol. The molecule has 0 aliphatic carbocycles. The average Bonchev–Trinajstić information content (AvgIpc) is 3.79. The SMILES string of the molecule is CC(C)C[C@@H]1NC(=O)CN(C(=O)c2ccccc2)CCN(C)C(=O)[C@H](C)NC(=O)CN(C)C(=O)[C@@H](Cc2c[nH]c3ccccc23)NC(=O)c2csc1n2. The van der Waals surface area contributed by atoms with Crippen molar-refractivity contribution in [1.29, 1.82) is 0 Å². The first kappa shape index (κ1) is 38.7. The molecule has 3 heterocycles. The number of nitrogens with zero attached hydrogens (tertiary/aromatic N) is 4. The van der Waals surface area contributed by atoms with Crippen molar-refractivity contribution >= 4 is 57.7 Å². The summed E-state index contributed by atoms with van der Waals surface area (Å²) in [6, 6.07) is 13.6. The number of rotatable bonds is 5. The minimum atomic E-state index is -1.07. The quantitative estimate of drug-likeness (QED) is 0.243. The zero-order valence-electron chi connectivity index (χ0n) is 30.5. The van der Waals surface area contributed by atoms with Gasteiger partial charge < -0.3 is 35.6 Å². The molecule has 0 unspecified atom stereocenters. The Bertz CT molecular complexity index is 1960. The van der Waals surface area contributed by atoms with E-state index in [1.54, 1.807) is 49.0 Å². The molecule has 53 heavy (non-hydrogen) atoms. The number of aromatic nitrogens is 2. The van der Waals surface area contributed by atoms with Gasteiger partial charge in [-0.25, -0.2) is 4.98 Å². The fraction of sp³-hybridized carbons (Fsp3) is 0.395. The summed E-state index contributed by atoms with van der Waals surface area (Å²) >= 11 is 1.21. The smallest absolute Gasteiger partial charge is 0.271 e. The maximum absolute atomic E-state index is 13.9. The molecule has 15 heteroatoms. The van der Waals surface area contributed by atoms with Gasteiger partial charge in [0.15, 0.2) is 0 Å². The highest BCUT2D eigenvalue weighted by atomic mass is 32.1. The van der Waals surface area contributed by atoms with Gasteiger partial charge in [0, 0.05) is 61.6 Å². The second kappa shape index (κ2) is 17.3. The van der Waals surface area contributed by atoms with Crippen LogP contribution in [-0.2, 0) is 25.6 Å². The highest BCUT2D eigenvalue weighted by Crippen LogP contribution is 2.25. The summed E-state index contributed by atoms with van der Waals surface area (Å²) in [4.78, 5) is 93.1. The second-order valence-electron chi connectivity index (χ2n) is 13.7. The highest BCUT2D eigenvalue weighted by Gasteiger charge is 2.30. The Hall–Kier alpha value is -5.57. The molecule has 14 nitrogen and oxygen atoms in total. The molecule has 2 bridgehead atoms. The van der Waals surface area contributed by atoms with Crippen LogP contribution in [0.2, 0.25) is 0 Å². The van der Waals surface area contributed by atoms with Crippen LogP contribution in [0.5, 0.6) is 0 Å². The van der Waals surface area contributed by atoms with Gasteiger partial charge >= 0.3 is 0 Å². The fourth-order valence-corrected chi connectivity index (χ4v) is 7.11. The van der Waals surface area contributed by atoms with Gasteiger partial charge in [-0.1, -0.05) is 50.2 Å². The minimum Gasteiger partial charge on any atom is -0.361 e. The maximum atomic E-state index is 13.9. The number of amides is 6. The molecule has 0 radical (unpaired) electrons. The van der Waals surface area contributed by atoms with E-state index in [1.165, 1.54) is 40.0 Å². The van der Waals surface area contributed by atoms with E-state index >= 15 is 0 Å². The van der Waals surface area contributed by atoms with Crippen LogP contribution < -0.4 is 16.0 Å². The fourth-order valence-electron chi connectivity index (χ4n) is 6.25. The number of hydrogen-bond donors (Lipinski definition) is 4. The molecule has 4 aromatic rings. The Kier molecular flexibility index (Phi) is 12.6. The number of hydrogen-bond acceptors (Lipinski definition) is 8. The summed E-state index contributed by atoms with van der Waals surface area (Å²) in [5, 5.41) is 11.5. The number of carbonyl (C=O) groups excluding carboxylic acids is 6. The zero-order chi connectivity index (χ0) is 38.2. The third-order valence-corrected chi connectivity index (χ3v) is 9.98. The van der Waals surface area contributed by atoms with Crippen LogP contribution in [-0.4, -0.2) is 112 Å². The van der Waals surface area contributed by atoms with Crippen LogP contribution in [0.3, 0.4) is 0 Å². The summed E-state index contributed by atoms with van der Waals surface area (Å²) in [5.41, 5.74) is 2.13. The Morgan fingerprint density at radius 2 is 1.55 bits per heavy atom. The first-order valence-electron chi connectivity index (χ1n) is 17.5. The van der Waals surface area contributed by atoms with Crippen LogP contribution in [0.1, 0.15) is 64.7 Å². The standard InChI is InChI=1S/C38H46N8O6S/c1-23(2)17-29-35-43-31(22-53-35)34(49)42-30(18-26-19-39-28-14-10-9-13-27(26)28)38(52)45(5)20-32(47)40-24(3)36(50)44(4)15-16-46(21-33(48)41-29)37(51)25-11-7-6-8-12-25/h6-14,19,22-24,29-30,39H,15-18,20-21H2,1-5H3,(H,40,47)(H,41,48)(H,42,49)/t24-,29-,30+/m0/s1. The summed E-state index contributed by atoms with van der Waals surface area (Å²) in [7, 11) is 3.01. The van der Waals surface area contributed by atoms with Crippen molar-refractivity contribution in [2.24, 2.45) is 5.92 Å². The zero-order valence-corrected chi connectivity index (χ0v) is 31.4. The molecule has 0 spiro atoms. The lowest BCUT2D eigenvalue weighted by molar-refractivity contribution is -0.138. The molecule has 280 valence electrons. The lowest BCUT2D eigenvalue weighted by Gasteiger charge is -2.28. The molecule has 5 rings (SSSR count). The number of aromatic amines is 1. The van der Waals surface area contributed by atoms with Crippen molar-refractivity contribution < 1.29 is 28.8 Å². The number of carbonyl (C=O) groups is 6. The molecule has 0 saturated heterocycles. The van der Waals surface area contributed by atoms with Crippen LogP contribution in [0, 0.1) is 5.92 Å². The molecule has 4 N–H and O–H groups in total. The third-order valence-electron chi connectivity index (χ3n) is 9.03. The van der Waals surface area contributed by atoms with Gasteiger partial charge in [-0.2, -0.15) is 0 Å². The van der Waals surface area contributed by atoms with Crippen LogP contribution >= 0.6 is 11.3 Å². The number of H-pyrrole nitrogens is 1. The van der Waals surface area contributed by atoms with E-state index in [0.717, 1.165) is 16.5 Å². The number of likely N-dealkylation sites (N-methyl/N-ethyl adjacent to an activating group) is 2. The number of para-hydroxylation sites is 1. The third kappa shape index (κ3) is 9.86. The number of fused-ring (bicyclic) bond motifs is 3. The average molecular weight is 743 g/mol. The van der Waals surface area contributed by atoms with Crippen LogP contribution in [0.15, 0.2) is 66.2 Å². The summed E-state index contributed by atoms with van der Waals surface area (Å²) < 4.78 is 0. The van der Waals surface area contributed by atoms with Crippen LogP contribution in [0.25, 0.3) is 10.9 Å². The molecule has 2 aromatic carbocycles. The van der Waals surface area contributed by atoms with Gasteiger partial charge in [0.25, 0.3) is 11.8 Å². The largest absolute Gasteiger partial charge is 0.361 e. The Labute approximate surface area is 312 Å². The summed E-state index contributed by atoms with van der Waals surface area (Å²) in [6.07, 6.45) is 2.42. The van der Waals surface area contributed by atoms with Crippen molar-refractivity contribution in [3.05, 3.63) is 88.0 Å². The van der Waals surface area contributed by atoms with Crippen molar-refractivity contribution in [2.45, 2.75) is 51.7 Å². The van der Waals surface area contributed by atoms with Gasteiger partial charge in [-0.05, 0) is 43.0 Å². The van der Waals surface area contributed by atoms with Gasteiger partial charge in [0.05, 0.1) is 19.1 Å². The highest BCUT2D eigenvalue weighted by molar-refractivity contribution is 7.09. The molecular formula is C38H46N8O6S. The number of thiazole rings is 1. The molecule has 1 aliphatic rings. The van der Waals surface area contributed by atoms with Crippen molar-refractivity contribution in [3.8, 4) is 0 Å². The van der Waals surface area contributed by atoms with E-state index < -0.39 is 47.7 Å². The lowest BCUT2D eigenvalue weighted by Crippen LogP contribution is -2.53. The minimum absolute atomic E-state index is 0.0372.